The van der Waals surface area contributed by atoms with E-state index in [-0.39, 0.29) is 5.91 Å². The molecule has 1 aliphatic rings. The number of rotatable bonds is 8. The van der Waals surface area contributed by atoms with E-state index in [2.05, 4.69) is 10.3 Å². The van der Waals surface area contributed by atoms with E-state index < -0.39 is 10.0 Å². The molecule has 0 spiro atoms. The largest absolute Gasteiger partial charge is 0.494 e. The Balaban J connectivity index is 1.41. The molecule has 4 rings (SSSR count). The number of amides is 1. The van der Waals surface area contributed by atoms with Crippen molar-refractivity contribution in [3.05, 3.63) is 59.5 Å². The molecular weight excluding hydrogens is 446 g/mol. The second-order valence-corrected chi connectivity index (χ2v) is 10.3. The van der Waals surface area contributed by atoms with Gasteiger partial charge in [-0.15, -0.1) is 11.3 Å². The molecule has 9 heteroatoms. The van der Waals surface area contributed by atoms with Gasteiger partial charge in [-0.3, -0.25) is 10.1 Å². The molecule has 1 aromatic heterocycles. The maximum absolute atomic E-state index is 12.7. The van der Waals surface area contributed by atoms with E-state index in [9.17, 15) is 13.2 Å². The van der Waals surface area contributed by atoms with Gasteiger partial charge in [0.2, 0.25) is 10.0 Å². The van der Waals surface area contributed by atoms with Crippen LogP contribution in [-0.2, 0) is 10.0 Å². The number of carbonyl (C=O) groups excluding carboxylic acids is 1. The second kappa shape index (κ2) is 9.81. The first-order valence-electron chi connectivity index (χ1n) is 10.6. The van der Waals surface area contributed by atoms with Crippen molar-refractivity contribution in [3.63, 3.8) is 0 Å². The molecular formula is C23H25N3O4S2. The van der Waals surface area contributed by atoms with Crippen LogP contribution < -0.4 is 10.1 Å². The van der Waals surface area contributed by atoms with Crippen molar-refractivity contribution in [2.45, 2.75) is 31.1 Å². The molecule has 32 heavy (non-hydrogen) atoms. The molecule has 7 nitrogen and oxygen atoms in total. The SMILES string of the molecule is CCCOc1ccc(C(=O)Nc2nc(-c3ccc(S(=O)(=O)N4CCCC4)cc3)cs2)cc1. The van der Waals surface area contributed by atoms with Crippen molar-refractivity contribution in [2.24, 2.45) is 0 Å². The maximum atomic E-state index is 12.7. The van der Waals surface area contributed by atoms with Gasteiger partial charge in [-0.25, -0.2) is 13.4 Å². The number of ether oxygens (including phenoxy) is 1. The van der Waals surface area contributed by atoms with Crippen LogP contribution in [0.15, 0.2) is 58.8 Å². The van der Waals surface area contributed by atoms with Gasteiger partial charge in [-0.05, 0) is 55.7 Å². The summed E-state index contributed by atoms with van der Waals surface area (Å²) in [6.07, 6.45) is 2.73. The predicted octanol–water partition coefficient (Wildman–Crippen LogP) is 4.64. The summed E-state index contributed by atoms with van der Waals surface area (Å²) >= 11 is 1.32. The van der Waals surface area contributed by atoms with E-state index in [1.165, 1.54) is 15.6 Å². The van der Waals surface area contributed by atoms with Crippen LogP contribution in [0.4, 0.5) is 5.13 Å². The average molecular weight is 472 g/mol. The van der Waals surface area contributed by atoms with Crippen molar-refractivity contribution in [3.8, 4) is 17.0 Å². The topological polar surface area (TPSA) is 88.6 Å². The van der Waals surface area contributed by atoms with E-state index in [0.717, 1.165) is 30.6 Å². The summed E-state index contributed by atoms with van der Waals surface area (Å²) < 4.78 is 32.4. The third-order valence-corrected chi connectivity index (χ3v) is 7.84. The number of nitrogens with one attached hydrogen (secondary N) is 1. The first-order chi connectivity index (χ1) is 15.5. The van der Waals surface area contributed by atoms with Crippen LogP contribution in [0, 0.1) is 0 Å². The van der Waals surface area contributed by atoms with Crippen molar-refractivity contribution >= 4 is 32.4 Å². The van der Waals surface area contributed by atoms with Gasteiger partial charge in [0.1, 0.15) is 5.75 Å². The van der Waals surface area contributed by atoms with Gasteiger partial charge in [-0.2, -0.15) is 4.31 Å². The minimum atomic E-state index is -3.44. The monoisotopic (exact) mass is 471 g/mol. The minimum Gasteiger partial charge on any atom is -0.494 e. The van der Waals surface area contributed by atoms with Gasteiger partial charge in [0.25, 0.3) is 5.91 Å². The first-order valence-corrected chi connectivity index (χ1v) is 12.9. The van der Waals surface area contributed by atoms with E-state index in [4.69, 9.17) is 4.74 Å². The highest BCUT2D eigenvalue weighted by atomic mass is 32.2. The fourth-order valence-electron chi connectivity index (χ4n) is 3.43. The summed E-state index contributed by atoms with van der Waals surface area (Å²) in [5, 5.41) is 5.12. The Hall–Kier alpha value is -2.75. The number of sulfonamides is 1. The molecule has 0 unspecified atom stereocenters. The van der Waals surface area contributed by atoms with Gasteiger partial charge in [0, 0.05) is 29.6 Å². The minimum absolute atomic E-state index is 0.250. The summed E-state index contributed by atoms with van der Waals surface area (Å²) in [5.74, 6) is 0.482. The fourth-order valence-corrected chi connectivity index (χ4v) is 5.66. The van der Waals surface area contributed by atoms with Gasteiger partial charge >= 0.3 is 0 Å². The molecule has 0 aliphatic carbocycles. The summed E-state index contributed by atoms with van der Waals surface area (Å²) in [7, 11) is -3.44. The van der Waals surface area contributed by atoms with Crippen LogP contribution in [0.3, 0.4) is 0 Å². The number of hydrogen-bond donors (Lipinski definition) is 1. The van der Waals surface area contributed by atoms with Crippen LogP contribution in [0.2, 0.25) is 0 Å². The van der Waals surface area contributed by atoms with E-state index in [1.807, 2.05) is 12.3 Å². The lowest BCUT2D eigenvalue weighted by atomic mass is 10.2. The third-order valence-electron chi connectivity index (χ3n) is 5.17. The number of aromatic nitrogens is 1. The lowest BCUT2D eigenvalue weighted by Crippen LogP contribution is -2.27. The van der Waals surface area contributed by atoms with Crippen LogP contribution in [0.1, 0.15) is 36.5 Å². The molecule has 0 bridgehead atoms. The van der Waals surface area contributed by atoms with Gasteiger partial charge < -0.3 is 4.74 Å². The van der Waals surface area contributed by atoms with Gasteiger partial charge in [0.15, 0.2) is 5.13 Å². The van der Waals surface area contributed by atoms with E-state index >= 15 is 0 Å². The molecule has 1 N–H and O–H groups in total. The Bertz CT molecular complexity index is 1170. The Labute approximate surface area is 192 Å². The molecule has 2 aromatic carbocycles. The van der Waals surface area contributed by atoms with E-state index in [1.54, 1.807) is 48.5 Å². The zero-order valence-corrected chi connectivity index (χ0v) is 19.4. The summed E-state index contributed by atoms with van der Waals surface area (Å²) in [4.78, 5) is 17.3. The number of hydrogen-bond acceptors (Lipinski definition) is 6. The zero-order chi connectivity index (χ0) is 22.6. The molecule has 3 aromatic rings. The molecule has 1 amide bonds. The Morgan fingerprint density at radius 1 is 1.09 bits per heavy atom. The second-order valence-electron chi connectivity index (χ2n) is 7.50. The van der Waals surface area contributed by atoms with Crippen molar-refractivity contribution < 1.29 is 17.9 Å². The Kier molecular flexibility index (Phi) is 6.88. The molecule has 1 aliphatic heterocycles. The number of benzene rings is 2. The van der Waals surface area contributed by atoms with Crippen LogP contribution in [-0.4, -0.2) is 43.3 Å². The van der Waals surface area contributed by atoms with Crippen LogP contribution in [0.25, 0.3) is 11.3 Å². The Morgan fingerprint density at radius 2 is 1.78 bits per heavy atom. The number of thiazole rings is 1. The van der Waals surface area contributed by atoms with Crippen molar-refractivity contribution in [1.82, 2.24) is 9.29 Å². The highest BCUT2D eigenvalue weighted by Gasteiger charge is 2.27. The fraction of sp³-hybridized carbons (Fsp3) is 0.304. The molecule has 168 valence electrons. The summed E-state index contributed by atoms with van der Waals surface area (Å²) in [6, 6.07) is 13.7. The van der Waals surface area contributed by atoms with Crippen molar-refractivity contribution in [2.75, 3.05) is 25.0 Å². The van der Waals surface area contributed by atoms with Crippen LogP contribution in [0.5, 0.6) is 5.75 Å². The highest BCUT2D eigenvalue weighted by molar-refractivity contribution is 7.89. The Morgan fingerprint density at radius 3 is 2.44 bits per heavy atom. The summed E-state index contributed by atoms with van der Waals surface area (Å²) in [5.41, 5.74) is 1.99. The van der Waals surface area contributed by atoms with Gasteiger partial charge in [0.05, 0.1) is 17.2 Å². The molecule has 0 radical (unpaired) electrons. The molecule has 0 saturated carbocycles. The van der Waals surface area contributed by atoms with Gasteiger partial charge in [-0.1, -0.05) is 19.1 Å². The lowest BCUT2D eigenvalue weighted by molar-refractivity contribution is 0.102. The standard InChI is InChI=1S/C23H25N3O4S2/c1-2-15-30-19-9-5-18(6-10-19)22(27)25-23-24-21(16-31-23)17-7-11-20(12-8-17)32(28,29)26-13-3-4-14-26/h5-12,16H,2-4,13-15H2,1H3,(H,24,25,27). The third kappa shape index (κ3) is 5.01. The molecule has 1 saturated heterocycles. The first kappa shape index (κ1) is 22.4. The lowest BCUT2D eigenvalue weighted by Gasteiger charge is -2.15. The summed E-state index contributed by atoms with van der Waals surface area (Å²) in [6.45, 7) is 3.83. The van der Waals surface area contributed by atoms with Crippen molar-refractivity contribution in [1.29, 1.82) is 0 Å². The van der Waals surface area contributed by atoms with Crippen LogP contribution >= 0.6 is 11.3 Å². The number of anilines is 1. The quantitative estimate of drug-likeness (QED) is 0.517. The molecule has 1 fully saturated rings. The molecule has 0 atom stereocenters. The zero-order valence-electron chi connectivity index (χ0n) is 17.8. The van der Waals surface area contributed by atoms with E-state index in [0.29, 0.717) is 41.0 Å². The smallest absolute Gasteiger partial charge is 0.257 e. The normalized spacial score (nSPS) is 14.4. The average Bonchev–Trinajstić information content (AvgIpc) is 3.51. The highest BCUT2D eigenvalue weighted by Crippen LogP contribution is 2.28. The molecule has 2 heterocycles. The predicted molar refractivity (Wildman–Crippen MR) is 126 cm³/mol. The number of nitrogens with zero attached hydrogens (tertiary/aromatic N) is 2. The maximum Gasteiger partial charge on any atom is 0.257 e. The number of carbonyl (C=O) groups is 1.